The van der Waals surface area contributed by atoms with Gasteiger partial charge >= 0.3 is 6.18 Å². The van der Waals surface area contributed by atoms with Gasteiger partial charge in [0.05, 0.1) is 23.6 Å². The summed E-state index contributed by atoms with van der Waals surface area (Å²) in [5, 5.41) is -0.213. The summed E-state index contributed by atoms with van der Waals surface area (Å²) in [5.74, 6) is -0.529. The first-order chi connectivity index (χ1) is 15.8. The molecule has 3 rings (SSSR count). The Balaban J connectivity index is 1.83. The van der Waals surface area contributed by atoms with Crippen molar-refractivity contribution in [2.75, 3.05) is 0 Å². The zero-order valence-corrected chi connectivity index (χ0v) is 19.6. The van der Waals surface area contributed by atoms with Crippen LogP contribution in [0, 0.1) is 11.3 Å². The predicted molar refractivity (Wildman–Crippen MR) is 120 cm³/mol. The van der Waals surface area contributed by atoms with Gasteiger partial charge in [-0.15, -0.1) is 0 Å². The Labute approximate surface area is 196 Å². The molecule has 1 radical (unpaired) electrons. The van der Waals surface area contributed by atoms with E-state index in [1.807, 2.05) is 20.8 Å². The Kier molecular flexibility index (Phi) is 7.27. The third-order valence-electron chi connectivity index (χ3n) is 5.39. The first kappa shape index (κ1) is 25.6. The lowest BCUT2D eigenvalue weighted by atomic mass is 9.76. The second-order valence-corrected chi connectivity index (χ2v) is 10.5. The molecule has 7 nitrogen and oxygen atoms in total. The second-order valence-electron chi connectivity index (χ2n) is 8.89. The third-order valence-corrected chi connectivity index (χ3v) is 6.74. The second kappa shape index (κ2) is 9.67. The van der Waals surface area contributed by atoms with Crippen LogP contribution in [0.2, 0.25) is 0 Å². The van der Waals surface area contributed by atoms with Gasteiger partial charge in [0.25, 0.3) is 10.0 Å². The fraction of sp³-hybridized carbons (Fsp3) is 0.348. The van der Waals surface area contributed by atoms with Gasteiger partial charge in [-0.1, -0.05) is 39.0 Å². The molecule has 2 aromatic heterocycles. The quantitative estimate of drug-likeness (QED) is 0.510. The number of carbonyl (C=O) groups excluding carboxylic acids is 1. The number of nitrogens with one attached hydrogen (secondary N) is 1. The fourth-order valence-corrected chi connectivity index (χ4v) is 4.59. The van der Waals surface area contributed by atoms with E-state index in [2.05, 4.69) is 14.7 Å². The molecule has 0 bridgehead atoms. The molecule has 0 spiro atoms. The van der Waals surface area contributed by atoms with E-state index in [1.165, 1.54) is 36.8 Å². The van der Waals surface area contributed by atoms with Gasteiger partial charge in [0.2, 0.25) is 6.29 Å². The van der Waals surface area contributed by atoms with Crippen molar-refractivity contribution in [2.24, 2.45) is 11.3 Å². The van der Waals surface area contributed by atoms with Crippen LogP contribution in [0.15, 0.2) is 66.2 Å². The van der Waals surface area contributed by atoms with E-state index < -0.39 is 39.1 Å². The lowest BCUT2D eigenvalue weighted by molar-refractivity contribution is -0.137. The molecule has 0 amide bonds. The summed E-state index contributed by atoms with van der Waals surface area (Å²) >= 11 is 0. The van der Waals surface area contributed by atoms with Crippen molar-refractivity contribution in [3.8, 4) is 11.3 Å². The highest BCUT2D eigenvalue weighted by Gasteiger charge is 2.36. The molecule has 3 aromatic rings. The third kappa shape index (κ3) is 6.09. The van der Waals surface area contributed by atoms with Crippen molar-refractivity contribution in [1.29, 1.82) is 0 Å². The largest absolute Gasteiger partial charge is 0.416 e. The van der Waals surface area contributed by atoms with E-state index in [-0.39, 0.29) is 11.6 Å². The van der Waals surface area contributed by atoms with Crippen LogP contribution in [0.1, 0.15) is 26.3 Å². The first-order valence-corrected chi connectivity index (χ1v) is 11.8. The van der Waals surface area contributed by atoms with Crippen LogP contribution in [0.4, 0.5) is 13.2 Å². The van der Waals surface area contributed by atoms with E-state index in [4.69, 9.17) is 0 Å². The Bertz CT molecular complexity index is 1220. The molecule has 34 heavy (non-hydrogen) atoms. The zero-order chi connectivity index (χ0) is 25.1. The van der Waals surface area contributed by atoms with Gasteiger partial charge in [0.1, 0.15) is 0 Å². The van der Waals surface area contributed by atoms with E-state index >= 15 is 0 Å². The molecule has 1 aromatic carbocycles. The van der Waals surface area contributed by atoms with Crippen molar-refractivity contribution in [1.82, 2.24) is 19.3 Å². The highest BCUT2D eigenvalue weighted by atomic mass is 32.2. The summed E-state index contributed by atoms with van der Waals surface area (Å²) in [7, 11) is -4.06. The molecule has 1 N–H and O–H groups in total. The Morgan fingerprint density at radius 1 is 1.06 bits per heavy atom. The first-order valence-electron chi connectivity index (χ1n) is 10.3. The molecular formula is C23H24F3N4O3S. The Hall–Kier alpha value is -3.05. The number of imidazole rings is 1. The predicted octanol–water partition coefficient (Wildman–Crippen LogP) is 4.08. The van der Waals surface area contributed by atoms with Crippen molar-refractivity contribution in [3.63, 3.8) is 0 Å². The number of benzene rings is 1. The van der Waals surface area contributed by atoms with Crippen LogP contribution >= 0.6 is 0 Å². The SMILES string of the molecule is CC(C)(C)[C@@H](Cn1cnc(-c2ccc(C(F)(F)F)cc2)c1)C([C]=O)NS(=O)(=O)c1ccccn1. The van der Waals surface area contributed by atoms with Crippen molar-refractivity contribution in [3.05, 3.63) is 66.7 Å². The maximum atomic E-state index is 12.8. The number of aromatic nitrogens is 3. The number of halogens is 3. The number of alkyl halides is 3. The molecule has 0 aliphatic carbocycles. The minimum atomic E-state index is -4.43. The van der Waals surface area contributed by atoms with Crippen molar-refractivity contribution < 1.29 is 26.4 Å². The van der Waals surface area contributed by atoms with Gasteiger partial charge in [-0.3, -0.25) is 4.79 Å². The van der Waals surface area contributed by atoms with Crippen LogP contribution < -0.4 is 4.72 Å². The summed E-state index contributed by atoms with van der Waals surface area (Å²) in [5.41, 5.74) is -0.337. The van der Waals surface area contributed by atoms with Gasteiger partial charge in [-0.25, -0.2) is 18.4 Å². The van der Waals surface area contributed by atoms with E-state index in [1.54, 1.807) is 23.1 Å². The summed E-state index contributed by atoms with van der Waals surface area (Å²) < 4.78 is 67.9. The molecule has 0 fully saturated rings. The average Bonchev–Trinajstić information content (AvgIpc) is 3.24. The van der Waals surface area contributed by atoms with Crippen LogP contribution in [0.3, 0.4) is 0 Å². The molecule has 2 heterocycles. The molecule has 0 aliphatic rings. The molecule has 1 unspecified atom stereocenters. The highest BCUT2D eigenvalue weighted by molar-refractivity contribution is 7.89. The summed E-state index contributed by atoms with van der Waals surface area (Å²) in [4.78, 5) is 19.9. The minimum absolute atomic E-state index is 0.210. The maximum Gasteiger partial charge on any atom is 0.416 e. The van der Waals surface area contributed by atoms with Gasteiger partial charge in [0, 0.05) is 30.4 Å². The Morgan fingerprint density at radius 2 is 1.74 bits per heavy atom. The molecule has 11 heteroatoms. The van der Waals surface area contributed by atoms with Gasteiger partial charge in [0.15, 0.2) is 5.03 Å². The van der Waals surface area contributed by atoms with Gasteiger partial charge in [-0.05, 0) is 29.7 Å². The van der Waals surface area contributed by atoms with Gasteiger partial charge in [-0.2, -0.15) is 17.9 Å². The number of rotatable bonds is 8. The van der Waals surface area contributed by atoms with E-state index in [9.17, 15) is 26.4 Å². The van der Waals surface area contributed by atoms with Crippen LogP contribution in [0.25, 0.3) is 11.3 Å². The standard InChI is InChI=1S/C23H24F3N4O3S/c1-22(2,3)18(20(14-31)29-34(32,33)21-6-4-5-11-27-21)12-30-13-19(28-15-30)16-7-9-17(10-8-16)23(24,25)26/h4-11,13,15,18,20,29H,12H2,1-3H3/t18-,20?/m0/s1. The number of pyridine rings is 1. The lowest BCUT2D eigenvalue weighted by Gasteiger charge is -2.34. The highest BCUT2D eigenvalue weighted by Crippen LogP contribution is 2.32. The fourth-order valence-electron chi connectivity index (χ4n) is 3.47. The number of nitrogens with zero attached hydrogens (tertiary/aromatic N) is 3. The normalized spacial score (nSPS) is 14.5. The monoisotopic (exact) mass is 493 g/mol. The smallest absolute Gasteiger partial charge is 0.336 e. The van der Waals surface area contributed by atoms with Crippen LogP contribution in [-0.2, 0) is 27.5 Å². The molecule has 0 saturated heterocycles. The molecule has 0 aliphatic heterocycles. The Morgan fingerprint density at radius 3 is 2.26 bits per heavy atom. The molecule has 2 atom stereocenters. The topological polar surface area (TPSA) is 94.0 Å². The van der Waals surface area contributed by atoms with E-state index in [0.29, 0.717) is 11.3 Å². The van der Waals surface area contributed by atoms with Crippen molar-refractivity contribution >= 4 is 16.3 Å². The maximum absolute atomic E-state index is 12.8. The van der Waals surface area contributed by atoms with Crippen LogP contribution in [0.5, 0.6) is 0 Å². The minimum Gasteiger partial charge on any atom is -0.336 e. The number of hydrogen-bond donors (Lipinski definition) is 1. The summed E-state index contributed by atoms with van der Waals surface area (Å²) in [6.45, 7) is 5.81. The van der Waals surface area contributed by atoms with Gasteiger partial charge < -0.3 is 4.57 Å². The summed E-state index contributed by atoms with van der Waals surface area (Å²) in [6.07, 6.45) is 1.83. The lowest BCUT2D eigenvalue weighted by Crippen LogP contribution is -2.47. The number of hydrogen-bond acceptors (Lipinski definition) is 5. The summed E-state index contributed by atoms with van der Waals surface area (Å²) in [6, 6.07) is 7.88. The van der Waals surface area contributed by atoms with E-state index in [0.717, 1.165) is 12.1 Å². The van der Waals surface area contributed by atoms with Crippen molar-refractivity contribution in [2.45, 2.75) is 44.6 Å². The molecular weight excluding hydrogens is 469 g/mol. The molecule has 181 valence electrons. The average molecular weight is 494 g/mol. The zero-order valence-electron chi connectivity index (χ0n) is 18.7. The number of sulfonamides is 1. The molecule has 0 saturated carbocycles. The van der Waals surface area contributed by atoms with Crippen LogP contribution in [-0.4, -0.2) is 35.3 Å².